The number of imide groups is 1. The molecule has 3 amide bonds. The lowest BCUT2D eigenvalue weighted by Gasteiger charge is -2.28. The minimum atomic E-state index is -2.37. The Kier molecular flexibility index (Phi) is 11.1. The third-order valence-electron chi connectivity index (χ3n) is 5.70. The van der Waals surface area contributed by atoms with E-state index in [1.165, 1.54) is 4.90 Å². The largest absolute Gasteiger partial charge is 0.420 e. The number of carbonyl (C=O) groups excluding carboxylic acids is 4. The van der Waals surface area contributed by atoms with Gasteiger partial charge in [0.1, 0.15) is 0 Å². The number of halogens is 5. The number of benzene rings is 2. The summed E-state index contributed by atoms with van der Waals surface area (Å²) in [5.41, 5.74) is 1.44. The second-order valence-corrected chi connectivity index (χ2v) is 8.53. The van der Waals surface area contributed by atoms with Crippen molar-refractivity contribution >= 4 is 29.4 Å². The third kappa shape index (κ3) is 8.29. The second kappa shape index (κ2) is 14.5. The number of esters is 1. The smallest absolute Gasteiger partial charge is 0.313 e. The summed E-state index contributed by atoms with van der Waals surface area (Å²) in [6.07, 6.45) is 0.603. The van der Waals surface area contributed by atoms with Crippen LogP contribution in [0, 0.1) is 29.1 Å². The van der Waals surface area contributed by atoms with Crippen molar-refractivity contribution in [2.75, 3.05) is 38.3 Å². The average molecular weight is 572 g/mol. The minimum absolute atomic E-state index is 0.00664. The molecule has 1 aliphatic heterocycles. The first-order chi connectivity index (χ1) is 19.1. The lowest BCUT2D eigenvalue weighted by atomic mass is 10.1. The van der Waals surface area contributed by atoms with Gasteiger partial charge in [0.05, 0.1) is 39.3 Å². The number of amides is 3. The Morgan fingerprint density at radius 2 is 1.35 bits per heavy atom. The van der Waals surface area contributed by atoms with E-state index in [0.29, 0.717) is 25.1 Å². The number of β-lactam (4-membered cyclic amide) rings is 1. The number of anilines is 1. The van der Waals surface area contributed by atoms with Gasteiger partial charge in [0.25, 0.3) is 0 Å². The molecule has 14 heteroatoms. The van der Waals surface area contributed by atoms with E-state index in [9.17, 15) is 41.1 Å². The predicted molar refractivity (Wildman–Crippen MR) is 127 cm³/mol. The third-order valence-corrected chi connectivity index (χ3v) is 5.70. The fraction of sp³-hybridized carbons (Fsp3) is 0.385. The van der Waals surface area contributed by atoms with Crippen molar-refractivity contribution < 1.29 is 55.3 Å². The number of ether oxygens (including phenoxy) is 3. The number of likely N-dealkylation sites (tertiary alicyclic amines) is 1. The number of aryl methyl sites for hydroxylation is 1. The van der Waals surface area contributed by atoms with Gasteiger partial charge in [0.2, 0.25) is 52.6 Å². The number of nitrogens with zero attached hydrogens (tertiary/aromatic N) is 1. The lowest BCUT2D eigenvalue weighted by molar-refractivity contribution is -0.152. The van der Waals surface area contributed by atoms with Crippen molar-refractivity contribution in [3.63, 3.8) is 0 Å². The number of rotatable bonds is 14. The van der Waals surface area contributed by atoms with Gasteiger partial charge >= 0.3 is 5.97 Å². The SMILES string of the molecule is O=C(CCOCCOCCC(=O)Oc1c(F)c(F)c(F)c(F)c1F)Nc1ccc(CCC(=O)N2CCC2=O)cc1. The molecular weight excluding hydrogens is 547 g/mol. The topological polar surface area (TPSA) is 111 Å². The zero-order valence-corrected chi connectivity index (χ0v) is 21.1. The summed E-state index contributed by atoms with van der Waals surface area (Å²) in [5.74, 6) is -15.0. The Hall–Kier alpha value is -3.91. The maximum Gasteiger partial charge on any atom is 0.313 e. The summed E-state index contributed by atoms with van der Waals surface area (Å²) in [6.45, 7) is 0.297. The Labute approximate surface area is 225 Å². The molecule has 1 saturated heterocycles. The summed E-state index contributed by atoms with van der Waals surface area (Å²) in [4.78, 5) is 48.1. The van der Waals surface area contributed by atoms with E-state index in [1.807, 2.05) is 0 Å². The molecule has 0 aromatic heterocycles. The number of hydrogen-bond acceptors (Lipinski definition) is 7. The fourth-order valence-corrected chi connectivity index (χ4v) is 3.42. The summed E-state index contributed by atoms with van der Waals surface area (Å²) in [5, 5.41) is 2.70. The highest BCUT2D eigenvalue weighted by atomic mass is 19.2. The predicted octanol–water partition coefficient (Wildman–Crippen LogP) is 3.43. The van der Waals surface area contributed by atoms with Crippen molar-refractivity contribution in [1.82, 2.24) is 4.90 Å². The summed E-state index contributed by atoms with van der Waals surface area (Å²) >= 11 is 0. The maximum absolute atomic E-state index is 13.5. The van der Waals surface area contributed by atoms with Crippen LogP contribution in [0.1, 0.15) is 31.2 Å². The summed E-state index contributed by atoms with van der Waals surface area (Å²) in [7, 11) is 0. The van der Waals surface area contributed by atoms with Crippen LogP contribution >= 0.6 is 0 Å². The van der Waals surface area contributed by atoms with Gasteiger partial charge in [-0.25, -0.2) is 13.2 Å². The Balaban J connectivity index is 1.24. The molecule has 0 bridgehead atoms. The van der Waals surface area contributed by atoms with Gasteiger partial charge in [0.15, 0.2) is 0 Å². The Bertz CT molecular complexity index is 1230. The van der Waals surface area contributed by atoms with E-state index < -0.39 is 47.2 Å². The van der Waals surface area contributed by atoms with E-state index in [2.05, 4.69) is 10.1 Å². The standard InChI is InChI=1S/C26H25F5N2O7/c27-21-22(28)24(30)26(25(31)23(21)29)40-20(37)9-12-39-14-13-38-11-8-17(34)32-16-4-1-15(2-5-16)3-6-18(35)33-10-7-19(33)36/h1-2,4-5H,3,6-14H2,(H,32,34). The first-order valence-electron chi connectivity index (χ1n) is 12.2. The van der Waals surface area contributed by atoms with Gasteiger partial charge in [-0.1, -0.05) is 12.1 Å². The highest BCUT2D eigenvalue weighted by molar-refractivity contribution is 5.99. The highest BCUT2D eigenvalue weighted by Gasteiger charge is 2.29. The molecule has 0 atom stereocenters. The van der Waals surface area contributed by atoms with Gasteiger partial charge in [-0.2, -0.15) is 8.78 Å². The zero-order valence-electron chi connectivity index (χ0n) is 21.1. The molecular formula is C26H25F5N2O7. The van der Waals surface area contributed by atoms with Gasteiger partial charge in [-0.15, -0.1) is 0 Å². The van der Waals surface area contributed by atoms with Crippen LogP contribution < -0.4 is 10.1 Å². The number of hydrogen-bond donors (Lipinski definition) is 1. The van der Waals surface area contributed by atoms with E-state index >= 15 is 0 Å². The monoisotopic (exact) mass is 572 g/mol. The molecule has 2 aromatic carbocycles. The second-order valence-electron chi connectivity index (χ2n) is 8.53. The molecule has 40 heavy (non-hydrogen) atoms. The highest BCUT2D eigenvalue weighted by Crippen LogP contribution is 2.29. The number of carbonyl (C=O) groups is 4. The molecule has 3 rings (SSSR count). The van der Waals surface area contributed by atoms with Crippen LogP contribution in [0.2, 0.25) is 0 Å². The molecule has 0 unspecified atom stereocenters. The molecule has 0 aliphatic carbocycles. The molecule has 9 nitrogen and oxygen atoms in total. The van der Waals surface area contributed by atoms with Crippen LogP contribution in [-0.4, -0.2) is 61.6 Å². The van der Waals surface area contributed by atoms with Crippen LogP contribution in [0.15, 0.2) is 24.3 Å². The van der Waals surface area contributed by atoms with Crippen LogP contribution in [0.5, 0.6) is 5.75 Å². The average Bonchev–Trinajstić information content (AvgIpc) is 2.93. The van der Waals surface area contributed by atoms with Crippen LogP contribution in [0.4, 0.5) is 27.6 Å². The molecule has 2 aromatic rings. The normalized spacial score (nSPS) is 12.7. The molecule has 0 saturated carbocycles. The van der Waals surface area contributed by atoms with Crippen LogP contribution in [-0.2, 0) is 35.1 Å². The number of nitrogens with one attached hydrogen (secondary N) is 1. The Morgan fingerprint density at radius 1 is 0.775 bits per heavy atom. The summed E-state index contributed by atoms with van der Waals surface area (Å²) < 4.78 is 80.9. The Morgan fingerprint density at radius 3 is 1.90 bits per heavy atom. The van der Waals surface area contributed by atoms with Crippen molar-refractivity contribution in [3.8, 4) is 5.75 Å². The van der Waals surface area contributed by atoms with E-state index in [0.717, 1.165) is 5.56 Å². The molecule has 1 heterocycles. The lowest BCUT2D eigenvalue weighted by Crippen LogP contribution is -2.47. The van der Waals surface area contributed by atoms with Gasteiger partial charge < -0.3 is 19.5 Å². The van der Waals surface area contributed by atoms with E-state index in [4.69, 9.17) is 9.47 Å². The van der Waals surface area contributed by atoms with E-state index in [-0.39, 0.29) is 57.0 Å². The van der Waals surface area contributed by atoms with Crippen molar-refractivity contribution in [2.24, 2.45) is 0 Å². The van der Waals surface area contributed by atoms with Gasteiger partial charge in [-0.05, 0) is 24.1 Å². The molecule has 1 fully saturated rings. The first-order valence-corrected chi connectivity index (χ1v) is 12.2. The molecule has 1 aliphatic rings. The fourth-order valence-electron chi connectivity index (χ4n) is 3.42. The van der Waals surface area contributed by atoms with Crippen molar-refractivity contribution in [1.29, 1.82) is 0 Å². The van der Waals surface area contributed by atoms with Crippen LogP contribution in [0.25, 0.3) is 0 Å². The minimum Gasteiger partial charge on any atom is -0.420 e. The van der Waals surface area contributed by atoms with Crippen molar-refractivity contribution in [3.05, 3.63) is 58.9 Å². The molecule has 1 N–H and O–H groups in total. The molecule has 0 radical (unpaired) electrons. The van der Waals surface area contributed by atoms with Crippen LogP contribution in [0.3, 0.4) is 0 Å². The maximum atomic E-state index is 13.5. The quantitative estimate of drug-likeness (QED) is 0.0703. The zero-order chi connectivity index (χ0) is 29.2. The first kappa shape index (κ1) is 30.6. The van der Waals surface area contributed by atoms with E-state index in [1.54, 1.807) is 24.3 Å². The molecule has 0 spiro atoms. The van der Waals surface area contributed by atoms with Crippen molar-refractivity contribution in [2.45, 2.75) is 32.1 Å². The van der Waals surface area contributed by atoms with Gasteiger partial charge in [0, 0.05) is 25.1 Å². The summed E-state index contributed by atoms with van der Waals surface area (Å²) in [6, 6.07) is 6.93. The molecule has 216 valence electrons. The van der Waals surface area contributed by atoms with Gasteiger partial charge in [-0.3, -0.25) is 24.1 Å².